The molecule has 3 rings (SSSR count). The first-order valence-electron chi connectivity index (χ1n) is 5.52. The van der Waals surface area contributed by atoms with Crippen LogP contribution in [-0.4, -0.2) is 38.0 Å². The number of hydrogen-bond donors (Lipinski definition) is 1. The van der Waals surface area contributed by atoms with Crippen molar-refractivity contribution in [2.75, 3.05) is 16.4 Å². The third-order valence-corrected chi connectivity index (χ3v) is 5.22. The maximum Gasteiger partial charge on any atom is 0.322 e. The molecule has 96 valence electrons. The number of amides is 2. The zero-order chi connectivity index (χ0) is 12.9. The lowest BCUT2D eigenvalue weighted by molar-refractivity contribution is 0.251. The van der Waals surface area contributed by atoms with Gasteiger partial charge in [-0.15, -0.1) is 0 Å². The minimum atomic E-state index is -3.07. The molecule has 0 unspecified atom stereocenters. The van der Waals surface area contributed by atoms with Crippen LogP contribution in [0.15, 0.2) is 24.3 Å². The van der Waals surface area contributed by atoms with Crippen LogP contribution in [0.5, 0.6) is 0 Å². The molecule has 0 aliphatic carbocycles. The Morgan fingerprint density at radius 2 is 2.11 bits per heavy atom. The van der Waals surface area contributed by atoms with Gasteiger partial charge in [0.1, 0.15) is 0 Å². The smallest absolute Gasteiger partial charge is 0.322 e. The molecule has 2 fully saturated rings. The molecule has 18 heavy (non-hydrogen) atoms. The van der Waals surface area contributed by atoms with E-state index in [1.807, 2.05) is 0 Å². The second kappa shape index (κ2) is 3.86. The first kappa shape index (κ1) is 11.8. The Morgan fingerprint density at radius 3 is 2.83 bits per heavy atom. The molecular formula is C11H11ClN2O3S. The highest BCUT2D eigenvalue weighted by molar-refractivity contribution is 7.91. The molecule has 0 aromatic heterocycles. The van der Waals surface area contributed by atoms with E-state index in [1.54, 1.807) is 24.3 Å². The second-order valence-corrected chi connectivity index (χ2v) is 7.14. The highest BCUT2D eigenvalue weighted by atomic mass is 35.5. The number of nitrogens with zero attached hydrogens (tertiary/aromatic N) is 1. The quantitative estimate of drug-likeness (QED) is 0.784. The van der Waals surface area contributed by atoms with Crippen LogP contribution in [0.2, 0.25) is 5.02 Å². The van der Waals surface area contributed by atoms with Crippen molar-refractivity contribution in [3.8, 4) is 0 Å². The van der Waals surface area contributed by atoms with Crippen molar-refractivity contribution in [2.24, 2.45) is 0 Å². The largest absolute Gasteiger partial charge is 0.332 e. The number of anilines is 1. The monoisotopic (exact) mass is 286 g/mol. The number of carbonyl (C=O) groups excluding carboxylic acids is 1. The van der Waals surface area contributed by atoms with Gasteiger partial charge in [-0.25, -0.2) is 13.2 Å². The summed E-state index contributed by atoms with van der Waals surface area (Å²) in [6.07, 6.45) is 0. The van der Waals surface area contributed by atoms with E-state index in [0.29, 0.717) is 10.7 Å². The van der Waals surface area contributed by atoms with Gasteiger partial charge < -0.3 is 5.32 Å². The third kappa shape index (κ3) is 1.85. The molecule has 0 bridgehead atoms. The zero-order valence-electron chi connectivity index (χ0n) is 9.34. The Labute approximate surface area is 110 Å². The maximum atomic E-state index is 11.9. The van der Waals surface area contributed by atoms with E-state index in [9.17, 15) is 13.2 Å². The van der Waals surface area contributed by atoms with Crippen LogP contribution >= 0.6 is 11.6 Å². The van der Waals surface area contributed by atoms with E-state index in [4.69, 9.17) is 11.6 Å². The average Bonchev–Trinajstić information content (AvgIpc) is 2.68. The van der Waals surface area contributed by atoms with Gasteiger partial charge in [0.05, 0.1) is 23.6 Å². The summed E-state index contributed by atoms with van der Waals surface area (Å²) in [7, 11) is -3.07. The van der Waals surface area contributed by atoms with Gasteiger partial charge in [0.15, 0.2) is 9.84 Å². The normalized spacial score (nSPS) is 29.2. The molecular weight excluding hydrogens is 276 g/mol. The molecule has 2 amide bonds. The van der Waals surface area contributed by atoms with Crippen molar-refractivity contribution in [2.45, 2.75) is 12.1 Å². The fraction of sp³-hybridized carbons (Fsp3) is 0.364. The fourth-order valence-corrected chi connectivity index (χ4v) is 4.61. The highest BCUT2D eigenvalue weighted by Gasteiger charge is 2.49. The van der Waals surface area contributed by atoms with Crippen molar-refractivity contribution in [3.05, 3.63) is 29.3 Å². The Kier molecular flexibility index (Phi) is 2.53. The first-order chi connectivity index (χ1) is 8.46. The molecule has 2 aliphatic rings. The van der Waals surface area contributed by atoms with Gasteiger partial charge in [-0.2, -0.15) is 0 Å². The first-order valence-corrected chi connectivity index (χ1v) is 7.72. The molecule has 1 aromatic carbocycles. The summed E-state index contributed by atoms with van der Waals surface area (Å²) in [6, 6.07) is 5.95. The summed E-state index contributed by atoms with van der Waals surface area (Å²) < 4.78 is 23.2. The van der Waals surface area contributed by atoms with Crippen molar-refractivity contribution >= 4 is 33.2 Å². The van der Waals surface area contributed by atoms with Gasteiger partial charge in [-0.05, 0) is 18.2 Å². The van der Waals surface area contributed by atoms with E-state index in [1.165, 1.54) is 4.90 Å². The number of urea groups is 1. The zero-order valence-corrected chi connectivity index (χ0v) is 10.9. The topological polar surface area (TPSA) is 66.5 Å². The minimum Gasteiger partial charge on any atom is -0.332 e. The van der Waals surface area contributed by atoms with Crippen molar-refractivity contribution < 1.29 is 13.2 Å². The lowest BCUT2D eigenvalue weighted by atomic mass is 10.1. The molecule has 1 N–H and O–H groups in total. The van der Waals surface area contributed by atoms with Crippen molar-refractivity contribution in [1.82, 2.24) is 5.32 Å². The predicted octanol–water partition coefficient (Wildman–Crippen LogP) is 1.04. The van der Waals surface area contributed by atoms with Crippen LogP contribution in [0.1, 0.15) is 0 Å². The summed E-state index contributed by atoms with van der Waals surface area (Å²) in [6.45, 7) is 0. The van der Waals surface area contributed by atoms with Gasteiger partial charge in [0.25, 0.3) is 0 Å². The summed E-state index contributed by atoms with van der Waals surface area (Å²) in [4.78, 5) is 13.4. The lowest BCUT2D eigenvalue weighted by Gasteiger charge is -2.21. The van der Waals surface area contributed by atoms with E-state index < -0.39 is 9.84 Å². The standard InChI is InChI=1S/C11H11ClN2O3S/c12-7-2-1-3-8(4-7)14-10-6-18(16,17)5-9(10)13-11(14)15/h1-4,9-10H,5-6H2,(H,13,15)/t9-,10+/m1/s1. The predicted molar refractivity (Wildman–Crippen MR) is 68.7 cm³/mol. The number of carbonyl (C=O) groups is 1. The van der Waals surface area contributed by atoms with Crippen LogP contribution in [-0.2, 0) is 9.84 Å². The summed E-state index contributed by atoms with van der Waals surface area (Å²) >= 11 is 5.89. The number of sulfone groups is 1. The number of nitrogens with one attached hydrogen (secondary N) is 1. The molecule has 2 atom stereocenters. The highest BCUT2D eigenvalue weighted by Crippen LogP contribution is 2.30. The van der Waals surface area contributed by atoms with Crippen LogP contribution < -0.4 is 10.2 Å². The number of halogens is 1. The number of rotatable bonds is 1. The molecule has 2 saturated heterocycles. The molecule has 1 aromatic rings. The summed E-state index contributed by atoms with van der Waals surface area (Å²) in [5, 5.41) is 3.22. The van der Waals surface area contributed by atoms with Crippen molar-refractivity contribution in [3.63, 3.8) is 0 Å². The van der Waals surface area contributed by atoms with Crippen molar-refractivity contribution in [1.29, 1.82) is 0 Å². The Balaban J connectivity index is 1.99. The van der Waals surface area contributed by atoms with Crippen LogP contribution in [0, 0.1) is 0 Å². The molecule has 2 heterocycles. The minimum absolute atomic E-state index is 0.00290. The SMILES string of the molecule is O=C1N[C@@H]2CS(=O)(=O)C[C@@H]2N1c1cccc(Cl)c1. The van der Waals surface area contributed by atoms with Gasteiger partial charge in [-0.1, -0.05) is 17.7 Å². The van der Waals surface area contributed by atoms with Crippen LogP contribution in [0.3, 0.4) is 0 Å². The third-order valence-electron chi connectivity index (χ3n) is 3.27. The van der Waals surface area contributed by atoms with E-state index in [-0.39, 0.29) is 29.6 Å². The maximum absolute atomic E-state index is 11.9. The average molecular weight is 287 g/mol. The van der Waals surface area contributed by atoms with Gasteiger partial charge in [0.2, 0.25) is 0 Å². The van der Waals surface area contributed by atoms with E-state index in [0.717, 1.165) is 0 Å². The lowest BCUT2D eigenvalue weighted by Crippen LogP contribution is -2.36. The van der Waals surface area contributed by atoms with Gasteiger partial charge in [-0.3, -0.25) is 4.90 Å². The number of fused-ring (bicyclic) bond motifs is 1. The summed E-state index contributed by atoms with van der Waals surface area (Å²) in [5.74, 6) is 0.0173. The molecule has 0 saturated carbocycles. The Bertz CT molecular complexity index is 616. The number of benzene rings is 1. The molecule has 0 radical (unpaired) electrons. The van der Waals surface area contributed by atoms with Crippen LogP contribution in [0.25, 0.3) is 0 Å². The van der Waals surface area contributed by atoms with Crippen LogP contribution in [0.4, 0.5) is 10.5 Å². The second-order valence-electron chi connectivity index (χ2n) is 4.55. The molecule has 0 spiro atoms. The fourth-order valence-electron chi connectivity index (χ4n) is 2.53. The number of hydrogen-bond acceptors (Lipinski definition) is 3. The molecule has 7 heteroatoms. The van der Waals surface area contributed by atoms with E-state index in [2.05, 4.69) is 5.32 Å². The molecule has 2 aliphatic heterocycles. The van der Waals surface area contributed by atoms with Gasteiger partial charge >= 0.3 is 6.03 Å². The Hall–Kier alpha value is -1.27. The Morgan fingerprint density at radius 1 is 1.33 bits per heavy atom. The van der Waals surface area contributed by atoms with Gasteiger partial charge in [0, 0.05) is 10.7 Å². The summed E-state index contributed by atoms with van der Waals surface area (Å²) in [5.41, 5.74) is 0.629. The van der Waals surface area contributed by atoms with E-state index >= 15 is 0 Å². The molecule has 5 nitrogen and oxygen atoms in total.